The molecule has 182 valence electrons. The lowest BCUT2D eigenvalue weighted by Gasteiger charge is -2.31. The van der Waals surface area contributed by atoms with Crippen molar-refractivity contribution in [2.24, 2.45) is 5.92 Å². The highest BCUT2D eigenvalue weighted by molar-refractivity contribution is 5.87. The fraction of sp³-hybridized carbons (Fsp3) is 0.321. The molecule has 1 fully saturated rings. The van der Waals surface area contributed by atoms with Gasteiger partial charge in [0.05, 0.1) is 12.2 Å². The second-order valence-corrected chi connectivity index (χ2v) is 8.85. The Hall–Kier alpha value is -3.87. The van der Waals surface area contributed by atoms with Crippen LogP contribution >= 0.6 is 0 Å². The van der Waals surface area contributed by atoms with Gasteiger partial charge < -0.3 is 19.5 Å². The van der Waals surface area contributed by atoms with Gasteiger partial charge in [-0.1, -0.05) is 18.2 Å². The van der Waals surface area contributed by atoms with E-state index in [4.69, 9.17) is 14.6 Å². The zero-order chi connectivity index (χ0) is 24.6. The van der Waals surface area contributed by atoms with Crippen LogP contribution in [-0.4, -0.2) is 46.7 Å². The molecule has 0 bridgehead atoms. The summed E-state index contributed by atoms with van der Waals surface area (Å²) >= 11 is 0. The molecule has 2 aromatic carbocycles. The van der Waals surface area contributed by atoms with Crippen molar-refractivity contribution < 1.29 is 24.2 Å². The SMILES string of the molecule is Cc1cccc(CCc2ccc(OC(=O)N3CCC(COc4ccc(C(=O)O)cc4)CC3)cc2)n1. The van der Waals surface area contributed by atoms with Crippen LogP contribution in [0.3, 0.4) is 0 Å². The number of amides is 1. The number of likely N-dealkylation sites (tertiary alicyclic amines) is 1. The summed E-state index contributed by atoms with van der Waals surface area (Å²) in [5, 5.41) is 8.97. The van der Waals surface area contributed by atoms with Crippen molar-refractivity contribution in [2.75, 3.05) is 19.7 Å². The first-order valence-corrected chi connectivity index (χ1v) is 11.9. The van der Waals surface area contributed by atoms with Crippen molar-refractivity contribution in [3.8, 4) is 11.5 Å². The Morgan fingerprint density at radius 3 is 2.29 bits per heavy atom. The number of carboxylic acid groups (broad SMARTS) is 1. The second kappa shape index (κ2) is 11.5. The first-order valence-electron chi connectivity index (χ1n) is 11.9. The van der Waals surface area contributed by atoms with Gasteiger partial charge in [-0.05, 0) is 92.6 Å². The average molecular weight is 475 g/mol. The van der Waals surface area contributed by atoms with Crippen LogP contribution in [-0.2, 0) is 12.8 Å². The van der Waals surface area contributed by atoms with Crippen molar-refractivity contribution in [2.45, 2.75) is 32.6 Å². The Balaban J connectivity index is 1.18. The van der Waals surface area contributed by atoms with Crippen LogP contribution in [0.25, 0.3) is 0 Å². The zero-order valence-electron chi connectivity index (χ0n) is 19.9. The summed E-state index contributed by atoms with van der Waals surface area (Å²) in [5.41, 5.74) is 3.50. The van der Waals surface area contributed by atoms with E-state index in [1.807, 2.05) is 49.4 Å². The van der Waals surface area contributed by atoms with Gasteiger partial charge >= 0.3 is 12.1 Å². The summed E-state index contributed by atoms with van der Waals surface area (Å²) in [6.45, 7) is 3.76. The summed E-state index contributed by atoms with van der Waals surface area (Å²) in [5.74, 6) is 0.570. The van der Waals surface area contributed by atoms with Gasteiger partial charge in [-0.15, -0.1) is 0 Å². The van der Waals surface area contributed by atoms with Crippen LogP contribution in [0.15, 0.2) is 66.7 Å². The standard InChI is InChI=1S/C28H30N2O5/c1-20-3-2-4-24(29-20)10-5-21-6-11-26(12-7-21)35-28(33)30-17-15-22(16-18-30)19-34-25-13-8-23(9-14-25)27(31)32/h2-4,6-9,11-14,22H,5,10,15-19H2,1H3,(H,31,32). The smallest absolute Gasteiger partial charge is 0.415 e. The molecule has 2 heterocycles. The predicted molar refractivity (Wildman–Crippen MR) is 132 cm³/mol. The number of aromatic nitrogens is 1. The fourth-order valence-electron chi connectivity index (χ4n) is 4.09. The molecule has 0 spiro atoms. The first-order chi connectivity index (χ1) is 17.0. The number of nitrogens with zero attached hydrogens (tertiary/aromatic N) is 2. The summed E-state index contributed by atoms with van der Waals surface area (Å²) in [7, 11) is 0. The largest absolute Gasteiger partial charge is 0.493 e. The van der Waals surface area contributed by atoms with E-state index >= 15 is 0 Å². The maximum atomic E-state index is 12.6. The van der Waals surface area contributed by atoms with Gasteiger partial charge in [0.25, 0.3) is 0 Å². The Morgan fingerprint density at radius 1 is 0.943 bits per heavy atom. The molecule has 1 N–H and O–H groups in total. The average Bonchev–Trinajstić information content (AvgIpc) is 2.87. The van der Waals surface area contributed by atoms with Gasteiger partial charge in [0.15, 0.2) is 0 Å². The summed E-state index contributed by atoms with van der Waals surface area (Å²) in [6, 6.07) is 20.1. The van der Waals surface area contributed by atoms with Crippen LogP contribution in [0.4, 0.5) is 4.79 Å². The third kappa shape index (κ3) is 7.06. The summed E-state index contributed by atoms with van der Waals surface area (Å²) < 4.78 is 11.4. The molecule has 1 amide bonds. The molecule has 3 aromatic rings. The molecule has 7 heteroatoms. The Labute approximate surface area is 205 Å². The molecule has 7 nitrogen and oxygen atoms in total. The number of ether oxygens (including phenoxy) is 2. The normalized spacial score (nSPS) is 13.9. The minimum Gasteiger partial charge on any atom is -0.493 e. The number of aryl methyl sites for hydroxylation is 3. The van der Waals surface area contributed by atoms with Crippen LogP contribution in [0.1, 0.15) is 40.2 Å². The van der Waals surface area contributed by atoms with Crippen LogP contribution in [0.2, 0.25) is 0 Å². The molecule has 1 aromatic heterocycles. The lowest BCUT2D eigenvalue weighted by molar-refractivity contribution is 0.0696. The number of rotatable bonds is 8. The third-order valence-corrected chi connectivity index (χ3v) is 6.20. The molecule has 0 aliphatic carbocycles. The highest BCUT2D eigenvalue weighted by Crippen LogP contribution is 2.22. The highest BCUT2D eigenvalue weighted by Gasteiger charge is 2.24. The van der Waals surface area contributed by atoms with Crippen molar-refractivity contribution in [1.82, 2.24) is 9.88 Å². The lowest BCUT2D eigenvalue weighted by Crippen LogP contribution is -2.41. The maximum absolute atomic E-state index is 12.6. The molecular formula is C28H30N2O5. The van der Waals surface area contributed by atoms with Gasteiger partial charge in [-0.25, -0.2) is 9.59 Å². The molecule has 0 saturated carbocycles. The topological polar surface area (TPSA) is 89.0 Å². The number of hydrogen-bond acceptors (Lipinski definition) is 5. The number of piperidine rings is 1. The van der Waals surface area contributed by atoms with Crippen LogP contribution in [0, 0.1) is 12.8 Å². The minimum atomic E-state index is -0.956. The van der Waals surface area contributed by atoms with Crippen molar-refractivity contribution in [1.29, 1.82) is 0 Å². The molecule has 1 aliphatic heterocycles. The van der Waals surface area contributed by atoms with Gasteiger partial charge in [0.2, 0.25) is 0 Å². The third-order valence-electron chi connectivity index (χ3n) is 6.20. The van der Waals surface area contributed by atoms with Crippen molar-refractivity contribution in [3.05, 3.63) is 89.2 Å². The van der Waals surface area contributed by atoms with E-state index in [1.54, 1.807) is 17.0 Å². The van der Waals surface area contributed by atoms with Crippen LogP contribution < -0.4 is 9.47 Å². The minimum absolute atomic E-state index is 0.235. The number of carbonyl (C=O) groups excluding carboxylic acids is 1. The number of hydrogen-bond donors (Lipinski definition) is 1. The maximum Gasteiger partial charge on any atom is 0.415 e. The van der Waals surface area contributed by atoms with Crippen molar-refractivity contribution in [3.63, 3.8) is 0 Å². The number of benzene rings is 2. The van der Waals surface area contributed by atoms with E-state index in [0.717, 1.165) is 37.1 Å². The quantitative estimate of drug-likeness (QED) is 0.485. The monoisotopic (exact) mass is 474 g/mol. The van der Waals surface area contributed by atoms with E-state index in [-0.39, 0.29) is 11.7 Å². The molecule has 0 radical (unpaired) electrons. The van der Waals surface area contributed by atoms with Gasteiger partial charge in [-0.3, -0.25) is 4.98 Å². The number of carboxylic acids is 1. The van der Waals surface area contributed by atoms with Gasteiger partial charge in [0, 0.05) is 24.5 Å². The van der Waals surface area contributed by atoms with E-state index in [9.17, 15) is 9.59 Å². The Kier molecular flexibility index (Phi) is 7.98. The van der Waals surface area contributed by atoms with E-state index in [0.29, 0.717) is 37.1 Å². The molecule has 1 saturated heterocycles. The Bertz CT molecular complexity index is 1140. The lowest BCUT2D eigenvalue weighted by atomic mass is 9.98. The van der Waals surface area contributed by atoms with Crippen molar-refractivity contribution >= 4 is 12.1 Å². The van der Waals surface area contributed by atoms with E-state index < -0.39 is 5.97 Å². The van der Waals surface area contributed by atoms with E-state index in [2.05, 4.69) is 4.98 Å². The second-order valence-electron chi connectivity index (χ2n) is 8.85. The molecule has 0 unspecified atom stereocenters. The zero-order valence-corrected chi connectivity index (χ0v) is 19.9. The van der Waals surface area contributed by atoms with E-state index in [1.165, 1.54) is 17.7 Å². The molecule has 4 rings (SSSR count). The molecule has 1 aliphatic rings. The van der Waals surface area contributed by atoms with Gasteiger partial charge in [0.1, 0.15) is 11.5 Å². The van der Waals surface area contributed by atoms with Crippen LogP contribution in [0.5, 0.6) is 11.5 Å². The summed E-state index contributed by atoms with van der Waals surface area (Å²) in [4.78, 5) is 29.8. The van der Waals surface area contributed by atoms with Gasteiger partial charge in [-0.2, -0.15) is 0 Å². The predicted octanol–water partition coefficient (Wildman–Crippen LogP) is 5.16. The molecule has 35 heavy (non-hydrogen) atoms. The fourth-order valence-corrected chi connectivity index (χ4v) is 4.09. The highest BCUT2D eigenvalue weighted by atomic mass is 16.6. The number of aromatic carboxylic acids is 1. The molecular weight excluding hydrogens is 444 g/mol. The summed E-state index contributed by atoms with van der Waals surface area (Å²) in [6.07, 6.45) is 3.07. The first kappa shape index (κ1) is 24.3. The number of pyridine rings is 1. The Morgan fingerprint density at radius 2 is 1.63 bits per heavy atom. The number of carbonyl (C=O) groups is 2. The molecule has 0 atom stereocenters.